The number of hydrogen-bond donors (Lipinski definition) is 1. The predicted octanol–water partition coefficient (Wildman–Crippen LogP) is 2.01. The Morgan fingerprint density at radius 2 is 2.12 bits per heavy atom. The highest BCUT2D eigenvalue weighted by molar-refractivity contribution is 5.92. The summed E-state index contributed by atoms with van der Waals surface area (Å²) in [6, 6.07) is 9.79. The van der Waals surface area contributed by atoms with Crippen LogP contribution in [0, 0.1) is 0 Å². The zero-order chi connectivity index (χ0) is 12.1. The first kappa shape index (κ1) is 11.4. The van der Waals surface area contributed by atoms with Crippen molar-refractivity contribution in [2.75, 3.05) is 6.54 Å². The number of rotatable bonds is 4. The van der Waals surface area contributed by atoms with Gasteiger partial charge in [0.2, 0.25) is 0 Å². The number of carbonyl (C=O) groups excluding carboxylic acids is 1. The molecule has 0 fully saturated rings. The van der Waals surface area contributed by atoms with Crippen LogP contribution in [0.2, 0.25) is 0 Å². The summed E-state index contributed by atoms with van der Waals surface area (Å²) in [6.45, 7) is 2.69. The molecule has 0 atom stereocenters. The van der Waals surface area contributed by atoms with E-state index in [0.29, 0.717) is 12.2 Å². The lowest BCUT2D eigenvalue weighted by molar-refractivity contribution is 0.0949. The maximum atomic E-state index is 11.7. The fourth-order valence-corrected chi connectivity index (χ4v) is 1.51. The molecule has 0 spiro atoms. The van der Waals surface area contributed by atoms with E-state index in [1.54, 1.807) is 12.5 Å². The van der Waals surface area contributed by atoms with E-state index in [-0.39, 0.29) is 5.91 Å². The van der Waals surface area contributed by atoms with Gasteiger partial charge in [-0.15, -0.1) is 0 Å². The minimum absolute atomic E-state index is 0.124. The Kier molecular flexibility index (Phi) is 3.55. The molecule has 2 rings (SSSR count). The van der Waals surface area contributed by atoms with Gasteiger partial charge in [0.25, 0.3) is 5.91 Å². The molecule has 1 N–H and O–H groups in total. The smallest absolute Gasteiger partial charge is 0.271 e. The zero-order valence-corrected chi connectivity index (χ0v) is 9.76. The Morgan fingerprint density at radius 3 is 2.82 bits per heavy atom. The van der Waals surface area contributed by atoms with Crippen molar-refractivity contribution < 1.29 is 4.79 Å². The van der Waals surface area contributed by atoms with Gasteiger partial charge in [-0.3, -0.25) is 4.79 Å². The molecule has 0 aliphatic rings. The molecule has 0 saturated carbocycles. The number of carbonyl (C=O) groups is 1. The molecule has 2 aromatic rings. The maximum absolute atomic E-state index is 11.7. The quantitative estimate of drug-likeness (QED) is 0.871. The highest BCUT2D eigenvalue weighted by Crippen LogP contribution is 2.07. The first-order chi connectivity index (χ1) is 8.31. The summed E-state index contributed by atoms with van der Waals surface area (Å²) in [5.41, 5.74) is 1.44. The Bertz CT molecular complexity index is 490. The topological polar surface area (TPSA) is 46.9 Å². The SMILES string of the molecule is CCCNC(=O)c1cn(-c2ccccc2)cn1. The van der Waals surface area contributed by atoms with Crippen molar-refractivity contribution in [2.24, 2.45) is 0 Å². The second-order valence-electron chi connectivity index (χ2n) is 3.76. The molecule has 0 aliphatic carbocycles. The standard InChI is InChI=1S/C13H15N3O/c1-2-8-14-13(17)12-9-16(10-15-12)11-6-4-3-5-7-11/h3-7,9-10H,2,8H2,1H3,(H,14,17). The second-order valence-corrected chi connectivity index (χ2v) is 3.76. The third-order valence-corrected chi connectivity index (χ3v) is 2.41. The van der Waals surface area contributed by atoms with E-state index in [1.807, 2.05) is 41.8 Å². The van der Waals surface area contributed by atoms with E-state index >= 15 is 0 Å². The minimum Gasteiger partial charge on any atom is -0.351 e. The average Bonchev–Trinajstić information content (AvgIpc) is 2.86. The Balaban J connectivity index is 2.14. The van der Waals surface area contributed by atoms with Crippen LogP contribution in [0.25, 0.3) is 5.69 Å². The van der Waals surface area contributed by atoms with E-state index in [0.717, 1.165) is 12.1 Å². The summed E-state index contributed by atoms with van der Waals surface area (Å²) in [6.07, 6.45) is 4.31. The monoisotopic (exact) mass is 229 g/mol. The normalized spacial score (nSPS) is 10.2. The molecule has 1 aromatic carbocycles. The second kappa shape index (κ2) is 5.30. The van der Waals surface area contributed by atoms with Gasteiger partial charge in [0.1, 0.15) is 12.0 Å². The molecule has 0 saturated heterocycles. The van der Waals surface area contributed by atoms with Crippen molar-refractivity contribution in [1.82, 2.24) is 14.9 Å². The van der Waals surface area contributed by atoms with Crippen LogP contribution in [-0.2, 0) is 0 Å². The van der Waals surface area contributed by atoms with Gasteiger partial charge in [-0.05, 0) is 18.6 Å². The lowest BCUT2D eigenvalue weighted by atomic mass is 10.3. The van der Waals surface area contributed by atoms with Crippen LogP contribution in [0.4, 0.5) is 0 Å². The average molecular weight is 229 g/mol. The van der Waals surface area contributed by atoms with Gasteiger partial charge in [0, 0.05) is 18.4 Å². The van der Waals surface area contributed by atoms with Crippen LogP contribution in [-0.4, -0.2) is 22.0 Å². The van der Waals surface area contributed by atoms with Crippen LogP contribution in [0.1, 0.15) is 23.8 Å². The van der Waals surface area contributed by atoms with E-state index in [2.05, 4.69) is 10.3 Å². The number of benzene rings is 1. The number of para-hydroxylation sites is 1. The Hall–Kier alpha value is -2.10. The molecule has 0 bridgehead atoms. The van der Waals surface area contributed by atoms with E-state index in [4.69, 9.17) is 0 Å². The molecule has 4 heteroatoms. The first-order valence-corrected chi connectivity index (χ1v) is 5.69. The molecular weight excluding hydrogens is 214 g/mol. The van der Waals surface area contributed by atoms with Crippen LogP contribution in [0.5, 0.6) is 0 Å². The molecule has 1 heterocycles. The zero-order valence-electron chi connectivity index (χ0n) is 9.76. The number of imidazole rings is 1. The highest BCUT2D eigenvalue weighted by atomic mass is 16.1. The van der Waals surface area contributed by atoms with Gasteiger partial charge < -0.3 is 9.88 Å². The number of nitrogens with zero attached hydrogens (tertiary/aromatic N) is 2. The van der Waals surface area contributed by atoms with Crippen LogP contribution >= 0.6 is 0 Å². The molecule has 0 aliphatic heterocycles. The molecule has 1 amide bonds. The van der Waals surface area contributed by atoms with Crippen LogP contribution < -0.4 is 5.32 Å². The van der Waals surface area contributed by atoms with Crippen molar-refractivity contribution in [3.05, 3.63) is 48.5 Å². The third kappa shape index (κ3) is 2.72. The first-order valence-electron chi connectivity index (χ1n) is 5.69. The number of nitrogens with one attached hydrogen (secondary N) is 1. The number of hydrogen-bond acceptors (Lipinski definition) is 2. The Labute approximate surface area is 100 Å². The van der Waals surface area contributed by atoms with Gasteiger partial charge in [-0.25, -0.2) is 4.98 Å². The molecule has 1 aromatic heterocycles. The largest absolute Gasteiger partial charge is 0.351 e. The minimum atomic E-state index is -0.124. The molecular formula is C13H15N3O. The summed E-state index contributed by atoms with van der Waals surface area (Å²) < 4.78 is 1.83. The lowest BCUT2D eigenvalue weighted by Crippen LogP contribution is -2.24. The summed E-state index contributed by atoms with van der Waals surface area (Å²) in [5.74, 6) is -0.124. The van der Waals surface area contributed by atoms with Gasteiger partial charge in [0.05, 0.1) is 0 Å². The third-order valence-electron chi connectivity index (χ3n) is 2.41. The number of amides is 1. The van der Waals surface area contributed by atoms with Gasteiger partial charge >= 0.3 is 0 Å². The molecule has 88 valence electrons. The van der Waals surface area contributed by atoms with Crippen LogP contribution in [0.3, 0.4) is 0 Å². The maximum Gasteiger partial charge on any atom is 0.271 e. The molecule has 4 nitrogen and oxygen atoms in total. The summed E-state index contributed by atoms with van der Waals surface area (Å²) in [7, 11) is 0. The van der Waals surface area contributed by atoms with E-state index in [1.165, 1.54) is 0 Å². The van der Waals surface area contributed by atoms with Gasteiger partial charge in [-0.1, -0.05) is 25.1 Å². The van der Waals surface area contributed by atoms with Crippen molar-refractivity contribution in [1.29, 1.82) is 0 Å². The van der Waals surface area contributed by atoms with Crippen molar-refractivity contribution >= 4 is 5.91 Å². The van der Waals surface area contributed by atoms with Crippen LogP contribution in [0.15, 0.2) is 42.9 Å². The molecule has 17 heavy (non-hydrogen) atoms. The summed E-state index contributed by atoms with van der Waals surface area (Å²) >= 11 is 0. The summed E-state index contributed by atoms with van der Waals surface area (Å²) in [4.78, 5) is 15.8. The summed E-state index contributed by atoms with van der Waals surface area (Å²) in [5, 5.41) is 2.80. The Morgan fingerprint density at radius 1 is 1.35 bits per heavy atom. The fraction of sp³-hybridized carbons (Fsp3) is 0.231. The molecule has 0 unspecified atom stereocenters. The van der Waals surface area contributed by atoms with E-state index < -0.39 is 0 Å². The van der Waals surface area contributed by atoms with Crippen molar-refractivity contribution in [3.8, 4) is 5.69 Å². The van der Waals surface area contributed by atoms with Gasteiger partial charge in [0.15, 0.2) is 0 Å². The van der Waals surface area contributed by atoms with E-state index in [9.17, 15) is 4.79 Å². The van der Waals surface area contributed by atoms with Crippen molar-refractivity contribution in [2.45, 2.75) is 13.3 Å². The molecule has 0 radical (unpaired) electrons. The highest BCUT2D eigenvalue weighted by Gasteiger charge is 2.08. The number of aromatic nitrogens is 2. The van der Waals surface area contributed by atoms with Gasteiger partial charge in [-0.2, -0.15) is 0 Å². The van der Waals surface area contributed by atoms with Crippen molar-refractivity contribution in [3.63, 3.8) is 0 Å². The fourth-order valence-electron chi connectivity index (χ4n) is 1.51. The lowest BCUT2D eigenvalue weighted by Gasteiger charge is -2.00. The predicted molar refractivity (Wildman–Crippen MR) is 66.2 cm³/mol.